The second-order valence-corrected chi connectivity index (χ2v) is 5.87. The molecule has 0 saturated heterocycles. The molecule has 1 aliphatic carbocycles. The summed E-state index contributed by atoms with van der Waals surface area (Å²) in [4.78, 5) is 27.5. The highest BCUT2D eigenvalue weighted by atomic mass is 32.1. The van der Waals surface area contributed by atoms with Gasteiger partial charge in [-0.1, -0.05) is 30.3 Å². The van der Waals surface area contributed by atoms with Gasteiger partial charge in [0.1, 0.15) is 10.7 Å². The van der Waals surface area contributed by atoms with Gasteiger partial charge in [-0.25, -0.2) is 4.98 Å². The van der Waals surface area contributed by atoms with Crippen LogP contribution in [0.25, 0.3) is 11.3 Å². The predicted octanol–water partition coefficient (Wildman–Crippen LogP) is 2.86. The summed E-state index contributed by atoms with van der Waals surface area (Å²) in [6.45, 7) is 0. The minimum Gasteiger partial charge on any atom is -0.481 e. The van der Waals surface area contributed by atoms with E-state index in [4.69, 9.17) is 5.11 Å². The zero-order valence-electron chi connectivity index (χ0n) is 11.2. The van der Waals surface area contributed by atoms with E-state index >= 15 is 0 Å². The Hall–Kier alpha value is -2.21. The van der Waals surface area contributed by atoms with Gasteiger partial charge < -0.3 is 10.4 Å². The number of hydrogen-bond acceptors (Lipinski definition) is 4. The molecule has 1 aromatic heterocycles. The molecule has 0 radical (unpaired) electrons. The number of carboxylic acid groups (broad SMARTS) is 1. The van der Waals surface area contributed by atoms with Crippen molar-refractivity contribution in [1.82, 2.24) is 4.98 Å². The molecule has 6 heteroatoms. The van der Waals surface area contributed by atoms with Gasteiger partial charge in [0, 0.05) is 5.56 Å². The van der Waals surface area contributed by atoms with Gasteiger partial charge in [0.25, 0.3) is 0 Å². The lowest BCUT2D eigenvalue weighted by Gasteiger charge is -2.31. The molecule has 3 rings (SSSR count). The summed E-state index contributed by atoms with van der Waals surface area (Å²) >= 11 is 1.34. The fourth-order valence-corrected chi connectivity index (χ4v) is 3.16. The molecule has 2 atom stereocenters. The van der Waals surface area contributed by atoms with E-state index in [0.29, 0.717) is 17.8 Å². The predicted molar refractivity (Wildman–Crippen MR) is 80.0 cm³/mol. The minimum atomic E-state index is -0.894. The Bertz CT molecular complexity index is 669. The molecule has 0 aliphatic heterocycles. The number of aromatic nitrogens is 1. The number of anilines is 1. The van der Waals surface area contributed by atoms with Crippen LogP contribution in [-0.2, 0) is 9.59 Å². The van der Waals surface area contributed by atoms with Crippen LogP contribution >= 0.6 is 11.3 Å². The van der Waals surface area contributed by atoms with Crippen molar-refractivity contribution < 1.29 is 14.7 Å². The SMILES string of the molecule is O=C(O)[C@@H]1CC[C@H]1C(=O)Nc1scnc1-c1ccccc1. The Morgan fingerprint density at radius 1 is 1.19 bits per heavy atom. The maximum Gasteiger partial charge on any atom is 0.307 e. The van der Waals surface area contributed by atoms with Gasteiger partial charge in [0.15, 0.2) is 0 Å². The van der Waals surface area contributed by atoms with Crippen LogP contribution in [0.5, 0.6) is 0 Å². The first-order valence-corrected chi connectivity index (χ1v) is 7.57. The van der Waals surface area contributed by atoms with Gasteiger partial charge in [0.2, 0.25) is 5.91 Å². The smallest absolute Gasteiger partial charge is 0.307 e. The highest BCUT2D eigenvalue weighted by Crippen LogP contribution is 2.37. The number of amides is 1. The fourth-order valence-electron chi connectivity index (χ4n) is 2.45. The molecular formula is C15H14N2O3S. The highest BCUT2D eigenvalue weighted by Gasteiger charge is 2.41. The van der Waals surface area contributed by atoms with E-state index in [1.165, 1.54) is 11.3 Å². The molecule has 2 N–H and O–H groups in total. The molecule has 1 heterocycles. The maximum atomic E-state index is 12.2. The molecule has 1 aromatic carbocycles. The Balaban J connectivity index is 1.76. The van der Waals surface area contributed by atoms with Crippen LogP contribution in [-0.4, -0.2) is 22.0 Å². The molecule has 0 spiro atoms. The third-order valence-corrected chi connectivity index (χ3v) is 4.52. The van der Waals surface area contributed by atoms with Crippen molar-refractivity contribution in [2.45, 2.75) is 12.8 Å². The van der Waals surface area contributed by atoms with Gasteiger partial charge in [-0.2, -0.15) is 0 Å². The number of nitrogens with one attached hydrogen (secondary N) is 1. The summed E-state index contributed by atoms with van der Waals surface area (Å²) in [5, 5.41) is 12.5. The van der Waals surface area contributed by atoms with Crippen LogP contribution < -0.4 is 5.32 Å². The van der Waals surface area contributed by atoms with Crippen LogP contribution in [0.15, 0.2) is 35.8 Å². The van der Waals surface area contributed by atoms with Crippen molar-refractivity contribution in [1.29, 1.82) is 0 Å². The molecule has 1 aliphatic rings. The molecule has 0 unspecified atom stereocenters. The molecule has 1 amide bonds. The third kappa shape index (κ3) is 2.67. The molecule has 108 valence electrons. The fraction of sp³-hybridized carbons (Fsp3) is 0.267. The van der Waals surface area contributed by atoms with E-state index in [1.807, 2.05) is 30.3 Å². The largest absolute Gasteiger partial charge is 0.481 e. The number of aliphatic carboxylic acids is 1. The highest BCUT2D eigenvalue weighted by molar-refractivity contribution is 7.14. The second kappa shape index (κ2) is 5.65. The monoisotopic (exact) mass is 302 g/mol. The van der Waals surface area contributed by atoms with Crippen LogP contribution in [0, 0.1) is 11.8 Å². The molecule has 0 bridgehead atoms. The summed E-state index contributed by atoms with van der Waals surface area (Å²) in [7, 11) is 0. The number of nitrogens with zero attached hydrogens (tertiary/aromatic N) is 1. The van der Waals surface area contributed by atoms with Gasteiger partial charge >= 0.3 is 5.97 Å². The first-order chi connectivity index (χ1) is 10.2. The number of rotatable bonds is 4. The number of benzene rings is 1. The van der Waals surface area contributed by atoms with Gasteiger partial charge in [-0.3, -0.25) is 9.59 Å². The average molecular weight is 302 g/mol. The van der Waals surface area contributed by atoms with E-state index in [2.05, 4.69) is 10.3 Å². The Morgan fingerprint density at radius 3 is 2.52 bits per heavy atom. The summed E-state index contributed by atoms with van der Waals surface area (Å²) in [5.41, 5.74) is 3.32. The number of carboxylic acids is 1. The number of hydrogen-bond donors (Lipinski definition) is 2. The van der Waals surface area contributed by atoms with Crippen molar-refractivity contribution in [2.75, 3.05) is 5.32 Å². The summed E-state index contributed by atoms with van der Waals surface area (Å²) in [6.07, 6.45) is 1.20. The molecule has 1 fully saturated rings. The Labute approximate surface area is 125 Å². The Morgan fingerprint density at radius 2 is 1.90 bits per heavy atom. The summed E-state index contributed by atoms with van der Waals surface area (Å²) in [5.74, 6) is -2.12. The average Bonchev–Trinajstić information content (AvgIpc) is 2.85. The quantitative estimate of drug-likeness (QED) is 0.910. The number of carbonyl (C=O) groups is 2. The normalized spacial score (nSPS) is 20.6. The van der Waals surface area contributed by atoms with Crippen molar-refractivity contribution >= 4 is 28.2 Å². The van der Waals surface area contributed by atoms with Crippen LogP contribution in [0.3, 0.4) is 0 Å². The lowest BCUT2D eigenvalue weighted by molar-refractivity contribution is -0.151. The van der Waals surface area contributed by atoms with E-state index in [0.717, 1.165) is 11.3 Å². The van der Waals surface area contributed by atoms with E-state index in [-0.39, 0.29) is 5.91 Å². The number of carbonyl (C=O) groups excluding carboxylic acids is 1. The molecule has 2 aromatic rings. The molecule has 21 heavy (non-hydrogen) atoms. The van der Waals surface area contributed by atoms with E-state index < -0.39 is 17.8 Å². The lowest BCUT2D eigenvalue weighted by atomic mass is 9.73. The standard InChI is InChI=1S/C15H14N2O3S/c18-13(10-6-7-11(10)15(19)20)17-14-12(16-8-21-14)9-4-2-1-3-5-9/h1-5,8,10-11H,6-7H2,(H,17,18)(H,19,20)/t10-,11-/m1/s1. The molecule has 5 nitrogen and oxygen atoms in total. The van der Waals surface area contributed by atoms with Crippen LogP contribution in [0.2, 0.25) is 0 Å². The molecule has 1 saturated carbocycles. The van der Waals surface area contributed by atoms with Gasteiger partial charge in [-0.05, 0) is 12.8 Å². The lowest BCUT2D eigenvalue weighted by Crippen LogP contribution is -2.40. The molecular weight excluding hydrogens is 288 g/mol. The van der Waals surface area contributed by atoms with E-state index in [1.54, 1.807) is 5.51 Å². The zero-order valence-corrected chi connectivity index (χ0v) is 12.0. The first-order valence-electron chi connectivity index (χ1n) is 6.69. The minimum absolute atomic E-state index is 0.227. The van der Waals surface area contributed by atoms with Gasteiger partial charge in [-0.15, -0.1) is 11.3 Å². The van der Waals surface area contributed by atoms with E-state index in [9.17, 15) is 9.59 Å². The summed E-state index contributed by atoms with van der Waals surface area (Å²) < 4.78 is 0. The maximum absolute atomic E-state index is 12.2. The Kier molecular flexibility index (Phi) is 3.70. The first kappa shape index (κ1) is 13.8. The van der Waals surface area contributed by atoms with Crippen molar-refractivity contribution in [3.63, 3.8) is 0 Å². The van der Waals surface area contributed by atoms with Crippen LogP contribution in [0.4, 0.5) is 5.00 Å². The van der Waals surface area contributed by atoms with Crippen LogP contribution in [0.1, 0.15) is 12.8 Å². The topological polar surface area (TPSA) is 79.3 Å². The van der Waals surface area contributed by atoms with Crippen molar-refractivity contribution in [3.8, 4) is 11.3 Å². The second-order valence-electron chi connectivity index (χ2n) is 5.01. The van der Waals surface area contributed by atoms with Crippen molar-refractivity contribution in [2.24, 2.45) is 11.8 Å². The summed E-state index contributed by atoms with van der Waals surface area (Å²) in [6, 6.07) is 9.58. The third-order valence-electron chi connectivity index (χ3n) is 3.78. The zero-order chi connectivity index (χ0) is 14.8. The number of thiazole rings is 1. The van der Waals surface area contributed by atoms with Gasteiger partial charge in [0.05, 0.1) is 17.3 Å². The van der Waals surface area contributed by atoms with Crippen molar-refractivity contribution in [3.05, 3.63) is 35.8 Å².